The van der Waals surface area contributed by atoms with Gasteiger partial charge >= 0.3 is 0 Å². The van der Waals surface area contributed by atoms with Gasteiger partial charge in [-0.3, -0.25) is 4.90 Å². The number of benzene rings is 1. The molecule has 17 heavy (non-hydrogen) atoms. The van der Waals surface area contributed by atoms with Gasteiger partial charge in [-0.1, -0.05) is 30.3 Å². The Balaban J connectivity index is 2.11. The minimum atomic E-state index is 0.285. The number of rotatable bonds is 2. The first-order valence-corrected chi connectivity index (χ1v) is 6.60. The van der Waals surface area contributed by atoms with Crippen molar-refractivity contribution < 1.29 is 0 Å². The van der Waals surface area contributed by atoms with E-state index in [1.807, 2.05) is 0 Å². The van der Waals surface area contributed by atoms with Gasteiger partial charge in [0.2, 0.25) is 0 Å². The molecule has 1 heterocycles. The standard InChI is InChI=1S/C15H24N2/c1-13-11-17(15(2,3)9-10-16-13)12-14-7-5-4-6-8-14/h4-8,13,16H,9-12H2,1-3H3. The van der Waals surface area contributed by atoms with Crippen LogP contribution in [0.15, 0.2) is 30.3 Å². The molecule has 0 aliphatic carbocycles. The van der Waals surface area contributed by atoms with Gasteiger partial charge in [0.1, 0.15) is 0 Å². The highest BCUT2D eigenvalue weighted by Crippen LogP contribution is 2.23. The lowest BCUT2D eigenvalue weighted by Crippen LogP contribution is -2.45. The van der Waals surface area contributed by atoms with Crippen molar-refractivity contribution in [3.63, 3.8) is 0 Å². The Morgan fingerprint density at radius 3 is 2.71 bits per heavy atom. The van der Waals surface area contributed by atoms with E-state index in [9.17, 15) is 0 Å². The van der Waals surface area contributed by atoms with Crippen molar-refractivity contribution in [2.24, 2.45) is 0 Å². The van der Waals surface area contributed by atoms with Crippen molar-refractivity contribution in [3.05, 3.63) is 35.9 Å². The molecule has 1 N–H and O–H groups in total. The minimum Gasteiger partial charge on any atom is -0.313 e. The highest BCUT2D eigenvalue weighted by molar-refractivity contribution is 5.15. The Bertz CT molecular complexity index is 345. The average Bonchev–Trinajstić information content (AvgIpc) is 2.40. The van der Waals surface area contributed by atoms with Gasteiger partial charge in [-0.05, 0) is 39.3 Å². The SMILES string of the molecule is CC1CN(Cc2ccccc2)C(C)(C)CCN1. The second-order valence-electron chi connectivity index (χ2n) is 5.78. The Labute approximate surface area is 105 Å². The predicted molar refractivity (Wildman–Crippen MR) is 73.0 cm³/mol. The first kappa shape index (κ1) is 12.6. The zero-order valence-corrected chi connectivity index (χ0v) is 11.2. The monoisotopic (exact) mass is 232 g/mol. The summed E-state index contributed by atoms with van der Waals surface area (Å²) in [6.45, 7) is 10.3. The summed E-state index contributed by atoms with van der Waals surface area (Å²) in [6, 6.07) is 11.4. The lowest BCUT2D eigenvalue weighted by Gasteiger charge is -2.37. The topological polar surface area (TPSA) is 15.3 Å². The molecule has 0 amide bonds. The van der Waals surface area contributed by atoms with Crippen molar-refractivity contribution >= 4 is 0 Å². The third-order valence-electron chi connectivity index (χ3n) is 3.80. The molecular weight excluding hydrogens is 208 g/mol. The Morgan fingerprint density at radius 1 is 1.29 bits per heavy atom. The van der Waals surface area contributed by atoms with Crippen molar-refractivity contribution in [2.45, 2.75) is 45.3 Å². The van der Waals surface area contributed by atoms with Crippen LogP contribution in [-0.2, 0) is 6.54 Å². The van der Waals surface area contributed by atoms with Gasteiger partial charge in [-0.25, -0.2) is 0 Å². The van der Waals surface area contributed by atoms with E-state index in [0.29, 0.717) is 6.04 Å². The normalized spacial score (nSPS) is 25.5. The fourth-order valence-electron chi connectivity index (χ4n) is 2.51. The van der Waals surface area contributed by atoms with E-state index in [1.165, 1.54) is 12.0 Å². The molecule has 2 nitrogen and oxygen atoms in total. The van der Waals surface area contributed by atoms with E-state index in [2.05, 4.69) is 61.3 Å². The smallest absolute Gasteiger partial charge is 0.0239 e. The summed E-state index contributed by atoms with van der Waals surface area (Å²) < 4.78 is 0. The zero-order valence-electron chi connectivity index (χ0n) is 11.2. The Hall–Kier alpha value is -0.860. The largest absolute Gasteiger partial charge is 0.313 e. The minimum absolute atomic E-state index is 0.285. The van der Waals surface area contributed by atoms with E-state index in [-0.39, 0.29) is 5.54 Å². The third-order valence-corrected chi connectivity index (χ3v) is 3.80. The van der Waals surface area contributed by atoms with Crippen LogP contribution in [-0.4, -0.2) is 29.6 Å². The van der Waals surface area contributed by atoms with E-state index in [0.717, 1.165) is 19.6 Å². The first-order valence-electron chi connectivity index (χ1n) is 6.60. The highest BCUT2D eigenvalue weighted by atomic mass is 15.2. The Morgan fingerprint density at radius 2 is 2.00 bits per heavy atom. The van der Waals surface area contributed by atoms with Gasteiger partial charge in [-0.15, -0.1) is 0 Å². The zero-order chi connectivity index (χ0) is 12.3. The second kappa shape index (κ2) is 5.19. The summed E-state index contributed by atoms with van der Waals surface area (Å²) in [6.07, 6.45) is 1.21. The van der Waals surface area contributed by atoms with Crippen LogP contribution >= 0.6 is 0 Å². The fourth-order valence-corrected chi connectivity index (χ4v) is 2.51. The van der Waals surface area contributed by atoms with Crippen LogP contribution < -0.4 is 5.32 Å². The molecule has 94 valence electrons. The van der Waals surface area contributed by atoms with Crippen LogP contribution in [0.5, 0.6) is 0 Å². The molecule has 1 saturated heterocycles. The van der Waals surface area contributed by atoms with Crippen LogP contribution in [0.3, 0.4) is 0 Å². The van der Waals surface area contributed by atoms with Crippen LogP contribution in [0.4, 0.5) is 0 Å². The van der Waals surface area contributed by atoms with Gasteiger partial charge in [0.05, 0.1) is 0 Å². The molecule has 1 aromatic rings. The number of hydrogen-bond donors (Lipinski definition) is 1. The summed E-state index contributed by atoms with van der Waals surface area (Å²) >= 11 is 0. The van der Waals surface area contributed by atoms with E-state index < -0.39 is 0 Å². The molecule has 0 spiro atoms. The van der Waals surface area contributed by atoms with E-state index >= 15 is 0 Å². The van der Waals surface area contributed by atoms with Gasteiger partial charge < -0.3 is 5.32 Å². The van der Waals surface area contributed by atoms with Crippen molar-refractivity contribution in [1.82, 2.24) is 10.2 Å². The molecule has 2 heteroatoms. The lowest BCUT2D eigenvalue weighted by molar-refractivity contribution is 0.112. The molecule has 2 rings (SSSR count). The molecule has 1 unspecified atom stereocenters. The molecule has 1 aliphatic heterocycles. The van der Waals surface area contributed by atoms with Crippen LogP contribution in [0.25, 0.3) is 0 Å². The maximum absolute atomic E-state index is 3.57. The van der Waals surface area contributed by atoms with Gasteiger partial charge in [0.25, 0.3) is 0 Å². The van der Waals surface area contributed by atoms with Crippen LogP contribution in [0, 0.1) is 0 Å². The number of nitrogens with one attached hydrogen (secondary N) is 1. The van der Waals surface area contributed by atoms with Gasteiger partial charge in [-0.2, -0.15) is 0 Å². The molecule has 1 aliphatic rings. The van der Waals surface area contributed by atoms with E-state index in [1.54, 1.807) is 0 Å². The predicted octanol–water partition coefficient (Wildman–Crippen LogP) is 2.65. The summed E-state index contributed by atoms with van der Waals surface area (Å²) in [5.74, 6) is 0. The number of hydrogen-bond acceptors (Lipinski definition) is 2. The molecule has 0 aromatic heterocycles. The Kier molecular flexibility index (Phi) is 3.85. The van der Waals surface area contributed by atoms with Crippen molar-refractivity contribution in [2.75, 3.05) is 13.1 Å². The van der Waals surface area contributed by atoms with Gasteiger partial charge in [0.15, 0.2) is 0 Å². The molecule has 0 bridgehead atoms. The summed E-state index contributed by atoms with van der Waals surface area (Å²) in [5, 5.41) is 3.57. The second-order valence-corrected chi connectivity index (χ2v) is 5.78. The van der Waals surface area contributed by atoms with Gasteiger partial charge in [0, 0.05) is 24.7 Å². The molecule has 0 saturated carbocycles. The molecule has 1 atom stereocenters. The van der Waals surface area contributed by atoms with Crippen LogP contribution in [0.1, 0.15) is 32.8 Å². The van der Waals surface area contributed by atoms with Crippen molar-refractivity contribution in [3.8, 4) is 0 Å². The molecule has 1 fully saturated rings. The summed E-state index contributed by atoms with van der Waals surface area (Å²) in [5.41, 5.74) is 1.70. The fraction of sp³-hybridized carbons (Fsp3) is 0.600. The summed E-state index contributed by atoms with van der Waals surface area (Å²) in [7, 11) is 0. The highest BCUT2D eigenvalue weighted by Gasteiger charge is 2.30. The quantitative estimate of drug-likeness (QED) is 0.843. The lowest BCUT2D eigenvalue weighted by atomic mass is 9.97. The molecular formula is C15H24N2. The first-order chi connectivity index (χ1) is 8.08. The molecule has 0 radical (unpaired) electrons. The van der Waals surface area contributed by atoms with Crippen LogP contribution in [0.2, 0.25) is 0 Å². The summed E-state index contributed by atoms with van der Waals surface area (Å²) in [4.78, 5) is 2.60. The maximum Gasteiger partial charge on any atom is 0.0239 e. The maximum atomic E-state index is 3.57. The van der Waals surface area contributed by atoms with E-state index in [4.69, 9.17) is 0 Å². The number of nitrogens with zero attached hydrogens (tertiary/aromatic N) is 1. The third kappa shape index (κ3) is 3.30. The average molecular weight is 232 g/mol. The van der Waals surface area contributed by atoms with Crippen molar-refractivity contribution in [1.29, 1.82) is 0 Å². The molecule has 1 aromatic carbocycles.